The molecular formula is C18H19FN4O. The van der Waals surface area contributed by atoms with Crippen LogP contribution in [0.5, 0.6) is 0 Å². The van der Waals surface area contributed by atoms with Crippen LogP contribution < -0.4 is 0 Å². The highest BCUT2D eigenvalue weighted by molar-refractivity contribution is 5.98. The Morgan fingerprint density at radius 1 is 1.25 bits per heavy atom. The molecule has 6 heteroatoms. The normalized spacial score (nSPS) is 16.0. The summed E-state index contributed by atoms with van der Waals surface area (Å²) >= 11 is 0. The van der Waals surface area contributed by atoms with E-state index in [1.165, 1.54) is 12.1 Å². The average molecular weight is 326 g/mol. The molecule has 0 atom stereocenters. The second-order valence-corrected chi connectivity index (χ2v) is 6.46. The van der Waals surface area contributed by atoms with E-state index in [0.29, 0.717) is 24.7 Å². The third kappa shape index (κ3) is 2.68. The van der Waals surface area contributed by atoms with Crippen molar-refractivity contribution in [2.75, 3.05) is 13.1 Å². The van der Waals surface area contributed by atoms with Gasteiger partial charge in [-0.1, -0.05) is 0 Å². The summed E-state index contributed by atoms with van der Waals surface area (Å²) in [6.07, 6.45) is 1.82. The number of aromatic nitrogens is 3. The van der Waals surface area contributed by atoms with E-state index in [1.807, 2.05) is 11.8 Å². The summed E-state index contributed by atoms with van der Waals surface area (Å²) < 4.78 is 13.3. The molecule has 0 spiro atoms. The second kappa shape index (κ2) is 5.78. The molecule has 1 amide bonds. The predicted octanol–water partition coefficient (Wildman–Crippen LogP) is 3.36. The second-order valence-electron chi connectivity index (χ2n) is 6.46. The van der Waals surface area contributed by atoms with Gasteiger partial charge in [0.1, 0.15) is 11.5 Å². The minimum atomic E-state index is -0.296. The Labute approximate surface area is 138 Å². The number of likely N-dealkylation sites (tertiary alicyclic amines) is 1. The minimum Gasteiger partial charge on any atom is -0.351 e. The molecule has 0 aliphatic carbocycles. The molecule has 3 aromatic rings. The van der Waals surface area contributed by atoms with Crippen molar-refractivity contribution in [2.24, 2.45) is 0 Å². The molecule has 4 rings (SSSR count). The molecular weight excluding hydrogens is 307 g/mol. The molecule has 0 radical (unpaired) electrons. The highest BCUT2D eigenvalue weighted by Crippen LogP contribution is 2.28. The van der Waals surface area contributed by atoms with E-state index in [0.717, 1.165) is 35.1 Å². The van der Waals surface area contributed by atoms with Gasteiger partial charge in [-0.3, -0.25) is 9.89 Å². The molecule has 0 bridgehead atoms. The van der Waals surface area contributed by atoms with E-state index >= 15 is 0 Å². The number of benzene rings is 1. The first-order chi connectivity index (χ1) is 11.6. The zero-order valence-electron chi connectivity index (χ0n) is 13.5. The monoisotopic (exact) mass is 326 g/mol. The number of nitrogens with zero attached hydrogens (tertiary/aromatic N) is 2. The van der Waals surface area contributed by atoms with E-state index in [-0.39, 0.29) is 11.7 Å². The van der Waals surface area contributed by atoms with Gasteiger partial charge in [0, 0.05) is 35.6 Å². The zero-order valence-corrected chi connectivity index (χ0v) is 13.5. The number of carbonyl (C=O) groups excluding carboxylic acids is 1. The Kier molecular flexibility index (Phi) is 3.59. The van der Waals surface area contributed by atoms with Gasteiger partial charge in [-0.15, -0.1) is 0 Å². The lowest BCUT2D eigenvalue weighted by Gasteiger charge is -2.31. The topological polar surface area (TPSA) is 64.8 Å². The summed E-state index contributed by atoms with van der Waals surface area (Å²) in [4.78, 5) is 17.6. The molecule has 1 fully saturated rings. The summed E-state index contributed by atoms with van der Waals surface area (Å²) in [7, 11) is 0. The van der Waals surface area contributed by atoms with Gasteiger partial charge in [-0.2, -0.15) is 5.10 Å². The van der Waals surface area contributed by atoms with Crippen molar-refractivity contribution in [3.8, 4) is 0 Å². The van der Waals surface area contributed by atoms with Crippen LogP contribution in [0.2, 0.25) is 0 Å². The van der Waals surface area contributed by atoms with E-state index in [9.17, 15) is 9.18 Å². The molecule has 2 N–H and O–H groups in total. The Balaban J connectivity index is 1.47. The van der Waals surface area contributed by atoms with Crippen molar-refractivity contribution < 1.29 is 9.18 Å². The van der Waals surface area contributed by atoms with E-state index < -0.39 is 0 Å². The third-order valence-corrected chi connectivity index (χ3v) is 4.74. The fourth-order valence-electron chi connectivity index (χ4n) is 3.42. The van der Waals surface area contributed by atoms with Crippen molar-refractivity contribution in [1.82, 2.24) is 20.1 Å². The molecule has 0 saturated carbocycles. The Morgan fingerprint density at radius 2 is 2.04 bits per heavy atom. The van der Waals surface area contributed by atoms with Gasteiger partial charge in [0.2, 0.25) is 0 Å². The molecule has 24 heavy (non-hydrogen) atoms. The molecule has 2 aromatic heterocycles. The molecule has 5 nitrogen and oxygen atoms in total. The third-order valence-electron chi connectivity index (χ3n) is 4.74. The molecule has 1 aromatic carbocycles. The quantitative estimate of drug-likeness (QED) is 0.758. The van der Waals surface area contributed by atoms with Gasteiger partial charge in [-0.25, -0.2) is 4.39 Å². The number of nitrogens with one attached hydrogen (secondary N) is 2. The predicted molar refractivity (Wildman–Crippen MR) is 89.5 cm³/mol. The van der Waals surface area contributed by atoms with Crippen molar-refractivity contribution in [1.29, 1.82) is 0 Å². The van der Waals surface area contributed by atoms with Crippen LogP contribution in [0.4, 0.5) is 4.39 Å². The largest absolute Gasteiger partial charge is 0.351 e. The molecule has 3 heterocycles. The number of hydrogen-bond donors (Lipinski definition) is 2. The summed E-state index contributed by atoms with van der Waals surface area (Å²) in [5, 5.41) is 8.04. The number of halogens is 1. The van der Waals surface area contributed by atoms with Crippen LogP contribution in [0.15, 0.2) is 30.3 Å². The van der Waals surface area contributed by atoms with Gasteiger partial charge in [-0.05, 0) is 50.1 Å². The fraction of sp³-hybridized carbons (Fsp3) is 0.333. The summed E-state index contributed by atoms with van der Waals surface area (Å²) in [5.74, 6) is 0.0784. The highest BCUT2D eigenvalue weighted by Gasteiger charge is 2.26. The van der Waals surface area contributed by atoms with Crippen LogP contribution in [0.1, 0.15) is 40.6 Å². The van der Waals surface area contributed by atoms with Crippen molar-refractivity contribution in [2.45, 2.75) is 25.7 Å². The van der Waals surface area contributed by atoms with Gasteiger partial charge in [0.25, 0.3) is 5.91 Å². The van der Waals surface area contributed by atoms with E-state index in [4.69, 9.17) is 0 Å². The number of carbonyl (C=O) groups is 1. The lowest BCUT2D eigenvalue weighted by molar-refractivity contribution is 0.0707. The first kappa shape index (κ1) is 14.9. The summed E-state index contributed by atoms with van der Waals surface area (Å²) in [5.41, 5.74) is 3.45. The van der Waals surface area contributed by atoms with Crippen LogP contribution in [-0.2, 0) is 0 Å². The molecule has 124 valence electrons. The van der Waals surface area contributed by atoms with Crippen LogP contribution in [0.3, 0.4) is 0 Å². The fourth-order valence-corrected chi connectivity index (χ4v) is 3.42. The number of fused-ring (bicyclic) bond motifs is 1. The van der Waals surface area contributed by atoms with Crippen LogP contribution in [0, 0.1) is 12.7 Å². The minimum absolute atomic E-state index is 0.0248. The summed E-state index contributed by atoms with van der Waals surface area (Å²) in [6, 6.07) is 8.30. The number of amides is 1. The van der Waals surface area contributed by atoms with Gasteiger partial charge >= 0.3 is 0 Å². The van der Waals surface area contributed by atoms with Crippen LogP contribution >= 0.6 is 0 Å². The SMILES string of the molecule is Cc1cc(C2CCN(C(=O)c3cc4cc(F)ccc4[nH]3)CC2)n[nH]1. The van der Waals surface area contributed by atoms with Crippen molar-refractivity contribution in [3.63, 3.8) is 0 Å². The maximum Gasteiger partial charge on any atom is 0.270 e. The van der Waals surface area contributed by atoms with Gasteiger partial charge < -0.3 is 9.88 Å². The Bertz CT molecular complexity index is 889. The zero-order chi connectivity index (χ0) is 16.7. The molecule has 1 aliphatic rings. The smallest absolute Gasteiger partial charge is 0.270 e. The lowest BCUT2D eigenvalue weighted by atomic mass is 9.93. The lowest BCUT2D eigenvalue weighted by Crippen LogP contribution is -2.38. The van der Waals surface area contributed by atoms with E-state index in [2.05, 4.69) is 21.2 Å². The van der Waals surface area contributed by atoms with Crippen LogP contribution in [-0.4, -0.2) is 39.1 Å². The van der Waals surface area contributed by atoms with E-state index in [1.54, 1.807) is 12.1 Å². The Morgan fingerprint density at radius 3 is 2.75 bits per heavy atom. The van der Waals surface area contributed by atoms with Gasteiger partial charge in [0.05, 0.1) is 5.69 Å². The maximum absolute atomic E-state index is 13.3. The number of rotatable bonds is 2. The number of aromatic amines is 2. The standard InChI is InChI=1S/C18H19FN4O/c1-11-8-16(22-21-11)12-4-6-23(7-5-12)18(24)17-10-13-9-14(19)2-3-15(13)20-17/h2-3,8-10,12,20H,4-7H2,1H3,(H,21,22). The maximum atomic E-state index is 13.3. The molecule has 1 aliphatic heterocycles. The van der Waals surface area contributed by atoms with Gasteiger partial charge in [0.15, 0.2) is 0 Å². The number of aryl methyl sites for hydroxylation is 1. The number of piperidine rings is 1. The molecule has 1 saturated heterocycles. The number of hydrogen-bond acceptors (Lipinski definition) is 2. The summed E-state index contributed by atoms with van der Waals surface area (Å²) in [6.45, 7) is 3.41. The highest BCUT2D eigenvalue weighted by atomic mass is 19.1. The molecule has 0 unspecified atom stereocenters. The number of H-pyrrole nitrogens is 2. The first-order valence-corrected chi connectivity index (χ1v) is 8.19. The Hall–Kier alpha value is -2.63. The van der Waals surface area contributed by atoms with Crippen LogP contribution in [0.25, 0.3) is 10.9 Å². The van der Waals surface area contributed by atoms with Crippen molar-refractivity contribution in [3.05, 3.63) is 53.2 Å². The van der Waals surface area contributed by atoms with Crippen molar-refractivity contribution >= 4 is 16.8 Å². The first-order valence-electron chi connectivity index (χ1n) is 8.19. The average Bonchev–Trinajstić information content (AvgIpc) is 3.20.